The van der Waals surface area contributed by atoms with E-state index in [0.717, 1.165) is 6.20 Å². The van der Waals surface area contributed by atoms with E-state index >= 15 is 0 Å². The molecule has 0 spiro atoms. The first kappa shape index (κ1) is 8.19. The van der Waals surface area contributed by atoms with Crippen LogP contribution in [-0.4, -0.2) is 21.0 Å². The van der Waals surface area contributed by atoms with Gasteiger partial charge >= 0.3 is 5.97 Å². The number of hydrogen-bond donors (Lipinski definition) is 2. The molecule has 1 rings (SSSR count). The molecular weight excluding hydrogens is 158 g/mol. The third kappa shape index (κ3) is 1.57. The third-order valence-electron chi connectivity index (χ3n) is 1.20. The van der Waals surface area contributed by atoms with Gasteiger partial charge < -0.3 is 10.8 Å². The van der Waals surface area contributed by atoms with Crippen LogP contribution in [0.1, 0.15) is 5.82 Å². The minimum atomic E-state index is -1.14. The van der Waals surface area contributed by atoms with E-state index in [1.165, 1.54) is 12.4 Å². The molecule has 0 unspecified atom stereocenters. The molecule has 0 amide bonds. The van der Waals surface area contributed by atoms with Crippen LogP contribution in [-0.2, 0) is 4.79 Å². The molecule has 0 saturated heterocycles. The fraction of sp³-hybridized carbons (Fsp3) is 0. The van der Waals surface area contributed by atoms with Crippen LogP contribution in [0.4, 0.5) is 0 Å². The van der Waals surface area contributed by atoms with E-state index in [1.807, 2.05) is 0 Å². The molecule has 1 heterocycles. The van der Waals surface area contributed by atoms with Crippen molar-refractivity contribution in [2.45, 2.75) is 0 Å². The van der Waals surface area contributed by atoms with E-state index in [1.54, 1.807) is 6.07 Å². The number of aliphatic carboxylic acids is 1. The molecule has 0 fully saturated rings. The normalized spacial score (nSPS) is 11.2. The Kier molecular flexibility index (Phi) is 2.37. The summed E-state index contributed by atoms with van der Waals surface area (Å²) in [4.78, 5) is 18.0. The van der Waals surface area contributed by atoms with Crippen LogP contribution in [0.5, 0.6) is 0 Å². The van der Waals surface area contributed by atoms with E-state index < -0.39 is 5.97 Å². The second-order valence-electron chi connectivity index (χ2n) is 1.96. The van der Waals surface area contributed by atoms with Crippen LogP contribution in [0.25, 0.3) is 5.57 Å². The molecule has 0 bridgehead atoms. The number of aromatic nitrogens is 2. The highest BCUT2D eigenvalue weighted by Crippen LogP contribution is 2.05. The van der Waals surface area contributed by atoms with Crippen molar-refractivity contribution in [1.29, 1.82) is 0 Å². The van der Waals surface area contributed by atoms with E-state index in [0.29, 0.717) is 0 Å². The summed E-state index contributed by atoms with van der Waals surface area (Å²) in [7, 11) is 0. The number of nitrogens with zero attached hydrogens (tertiary/aromatic N) is 2. The van der Waals surface area contributed by atoms with Crippen LogP contribution < -0.4 is 5.73 Å². The molecule has 3 N–H and O–H groups in total. The molecule has 0 atom stereocenters. The molecule has 12 heavy (non-hydrogen) atoms. The summed E-state index contributed by atoms with van der Waals surface area (Å²) in [6.07, 6.45) is 3.88. The highest BCUT2D eigenvalue weighted by molar-refractivity contribution is 6.13. The lowest BCUT2D eigenvalue weighted by Crippen LogP contribution is -2.05. The van der Waals surface area contributed by atoms with Crippen molar-refractivity contribution in [2.75, 3.05) is 0 Å². The van der Waals surface area contributed by atoms with Gasteiger partial charge in [0.1, 0.15) is 5.57 Å². The van der Waals surface area contributed by atoms with Crippen LogP contribution in [0.15, 0.2) is 24.7 Å². The van der Waals surface area contributed by atoms with Crippen molar-refractivity contribution in [3.63, 3.8) is 0 Å². The quantitative estimate of drug-likeness (QED) is 0.595. The average molecular weight is 165 g/mol. The first-order chi connectivity index (χ1) is 5.75. The fourth-order valence-electron chi connectivity index (χ4n) is 0.680. The Hall–Kier alpha value is -1.91. The Labute approximate surface area is 68.6 Å². The summed E-state index contributed by atoms with van der Waals surface area (Å²) in [6.45, 7) is 0. The van der Waals surface area contributed by atoms with Gasteiger partial charge in [-0.15, -0.1) is 0 Å². The Balaban J connectivity index is 3.05. The predicted octanol–water partition coefficient (Wildman–Crippen LogP) is -0.139. The van der Waals surface area contributed by atoms with Gasteiger partial charge in [0.25, 0.3) is 0 Å². The molecule has 0 aliphatic heterocycles. The Morgan fingerprint density at radius 3 is 2.50 bits per heavy atom. The standard InChI is InChI=1S/C7H7N3O2/c8-4-5(7(11)12)6-9-2-1-3-10-6/h1-4H,8H2,(H,11,12)/b5-4+. The SMILES string of the molecule is N/C=C(/C(=O)O)c1ncccn1. The average Bonchev–Trinajstić information content (AvgIpc) is 2.07. The van der Waals surface area contributed by atoms with Crippen LogP contribution in [0.3, 0.4) is 0 Å². The maximum Gasteiger partial charge on any atom is 0.341 e. The molecule has 5 nitrogen and oxygen atoms in total. The number of hydrogen-bond acceptors (Lipinski definition) is 4. The molecular formula is C7H7N3O2. The van der Waals surface area contributed by atoms with Gasteiger partial charge in [-0.25, -0.2) is 14.8 Å². The van der Waals surface area contributed by atoms with Crippen LogP contribution in [0, 0.1) is 0 Å². The van der Waals surface area contributed by atoms with E-state index in [9.17, 15) is 4.79 Å². The van der Waals surface area contributed by atoms with Crippen LogP contribution in [0.2, 0.25) is 0 Å². The number of rotatable bonds is 2. The summed E-state index contributed by atoms with van der Waals surface area (Å²) >= 11 is 0. The largest absolute Gasteiger partial charge is 0.477 e. The van der Waals surface area contributed by atoms with Gasteiger partial charge in [0, 0.05) is 18.6 Å². The molecule has 62 valence electrons. The van der Waals surface area contributed by atoms with E-state index in [4.69, 9.17) is 10.8 Å². The number of carbonyl (C=O) groups is 1. The molecule has 0 radical (unpaired) electrons. The number of carboxylic acids is 1. The molecule has 1 aromatic heterocycles. The Bertz CT molecular complexity index is 308. The van der Waals surface area contributed by atoms with Gasteiger partial charge in [0.15, 0.2) is 5.82 Å². The van der Waals surface area contributed by atoms with Gasteiger partial charge in [-0.05, 0) is 6.07 Å². The predicted molar refractivity (Wildman–Crippen MR) is 41.8 cm³/mol. The zero-order chi connectivity index (χ0) is 8.97. The first-order valence-electron chi connectivity index (χ1n) is 3.18. The maximum atomic E-state index is 10.5. The van der Waals surface area contributed by atoms with Crippen molar-refractivity contribution in [2.24, 2.45) is 5.73 Å². The van der Waals surface area contributed by atoms with E-state index in [-0.39, 0.29) is 11.4 Å². The van der Waals surface area contributed by atoms with Crippen LogP contribution >= 0.6 is 0 Å². The Morgan fingerprint density at radius 1 is 1.50 bits per heavy atom. The number of nitrogens with two attached hydrogens (primary N) is 1. The highest BCUT2D eigenvalue weighted by Gasteiger charge is 2.10. The fourth-order valence-corrected chi connectivity index (χ4v) is 0.680. The molecule has 0 saturated carbocycles. The zero-order valence-corrected chi connectivity index (χ0v) is 6.14. The van der Waals surface area contributed by atoms with Gasteiger partial charge in [-0.1, -0.05) is 0 Å². The third-order valence-corrected chi connectivity index (χ3v) is 1.20. The van der Waals surface area contributed by atoms with Crippen molar-refractivity contribution < 1.29 is 9.90 Å². The molecule has 0 aromatic carbocycles. The molecule has 0 aliphatic carbocycles. The summed E-state index contributed by atoms with van der Waals surface area (Å²) in [5.41, 5.74) is 4.98. The zero-order valence-electron chi connectivity index (χ0n) is 6.14. The monoisotopic (exact) mass is 165 g/mol. The molecule has 1 aromatic rings. The smallest absolute Gasteiger partial charge is 0.341 e. The minimum absolute atomic E-state index is 0.101. The summed E-state index contributed by atoms with van der Waals surface area (Å²) in [5.74, 6) is -1.02. The van der Waals surface area contributed by atoms with Gasteiger partial charge in [-0.2, -0.15) is 0 Å². The maximum absolute atomic E-state index is 10.5. The summed E-state index contributed by atoms with van der Waals surface area (Å²) in [6, 6.07) is 1.60. The summed E-state index contributed by atoms with van der Waals surface area (Å²) < 4.78 is 0. The van der Waals surface area contributed by atoms with Crippen molar-refractivity contribution >= 4 is 11.5 Å². The van der Waals surface area contributed by atoms with Gasteiger partial charge in [-0.3, -0.25) is 0 Å². The van der Waals surface area contributed by atoms with Gasteiger partial charge in [0.2, 0.25) is 0 Å². The lowest BCUT2D eigenvalue weighted by atomic mass is 10.3. The second kappa shape index (κ2) is 3.47. The second-order valence-corrected chi connectivity index (χ2v) is 1.96. The minimum Gasteiger partial charge on any atom is -0.477 e. The molecule has 5 heteroatoms. The first-order valence-corrected chi connectivity index (χ1v) is 3.18. The van der Waals surface area contributed by atoms with Crippen molar-refractivity contribution in [1.82, 2.24) is 9.97 Å². The summed E-state index contributed by atoms with van der Waals surface area (Å²) in [5, 5.41) is 8.60. The molecule has 0 aliphatic rings. The Morgan fingerprint density at radius 2 is 2.08 bits per heavy atom. The van der Waals surface area contributed by atoms with E-state index in [2.05, 4.69) is 9.97 Å². The topological polar surface area (TPSA) is 89.1 Å². The lowest BCUT2D eigenvalue weighted by Gasteiger charge is -1.96. The van der Waals surface area contributed by atoms with Crippen molar-refractivity contribution in [3.8, 4) is 0 Å². The lowest BCUT2D eigenvalue weighted by molar-refractivity contribution is -0.130. The van der Waals surface area contributed by atoms with Gasteiger partial charge in [0.05, 0.1) is 0 Å². The highest BCUT2D eigenvalue weighted by atomic mass is 16.4. The van der Waals surface area contributed by atoms with Crippen molar-refractivity contribution in [3.05, 3.63) is 30.5 Å². The number of carboxylic acid groups (broad SMARTS) is 1.